The third kappa shape index (κ3) is 3.47. The van der Waals surface area contributed by atoms with E-state index in [9.17, 15) is 5.11 Å². The quantitative estimate of drug-likeness (QED) is 0.300. The molecule has 0 bridgehead atoms. The molecule has 0 heterocycles. The lowest BCUT2D eigenvalue weighted by Crippen LogP contribution is -2.36. The SMILES string of the molecule is CCC1(CC)CCC2(CC1)c1ccccc1-c1c2cc(O)c2cc(Sc3ccccc3)c(OC)cc12. The smallest absolute Gasteiger partial charge is 0.133 e. The van der Waals surface area contributed by atoms with Gasteiger partial charge in [0.15, 0.2) is 0 Å². The van der Waals surface area contributed by atoms with Crippen LogP contribution in [-0.2, 0) is 5.41 Å². The summed E-state index contributed by atoms with van der Waals surface area (Å²) in [6.45, 7) is 4.71. The van der Waals surface area contributed by atoms with Crippen LogP contribution in [0.4, 0.5) is 0 Å². The summed E-state index contributed by atoms with van der Waals surface area (Å²) in [6.07, 6.45) is 7.25. The first-order valence-electron chi connectivity index (χ1n) is 13.2. The number of phenolic OH excluding ortho intramolecular Hbond substituents is 1. The van der Waals surface area contributed by atoms with Crippen molar-refractivity contribution in [2.75, 3.05) is 7.11 Å². The number of benzene rings is 4. The fourth-order valence-electron chi connectivity index (χ4n) is 6.90. The Balaban J connectivity index is 1.55. The summed E-state index contributed by atoms with van der Waals surface area (Å²) < 4.78 is 5.90. The molecule has 1 saturated carbocycles. The van der Waals surface area contributed by atoms with E-state index in [2.05, 4.69) is 68.4 Å². The second kappa shape index (κ2) is 8.88. The predicted octanol–water partition coefficient (Wildman–Crippen LogP) is 9.35. The molecule has 1 N–H and O–H groups in total. The zero-order valence-corrected chi connectivity index (χ0v) is 22.3. The molecule has 3 heteroatoms. The Kier molecular flexibility index (Phi) is 5.80. The Morgan fingerprint density at radius 2 is 1.50 bits per heavy atom. The number of aromatic hydroxyl groups is 1. The molecule has 6 rings (SSSR count). The molecule has 184 valence electrons. The minimum Gasteiger partial charge on any atom is -0.507 e. The molecule has 1 fully saturated rings. The summed E-state index contributed by atoms with van der Waals surface area (Å²) in [5.74, 6) is 1.22. The molecule has 0 amide bonds. The Labute approximate surface area is 218 Å². The molecule has 4 aromatic rings. The van der Waals surface area contributed by atoms with Crippen molar-refractivity contribution >= 4 is 22.5 Å². The fraction of sp³-hybridized carbons (Fsp3) is 0.333. The predicted molar refractivity (Wildman–Crippen MR) is 150 cm³/mol. The minimum absolute atomic E-state index is 0.0177. The highest BCUT2D eigenvalue weighted by Crippen LogP contribution is 2.62. The summed E-state index contributed by atoms with van der Waals surface area (Å²) in [4.78, 5) is 2.17. The zero-order chi connectivity index (χ0) is 24.9. The van der Waals surface area contributed by atoms with Crippen molar-refractivity contribution in [1.82, 2.24) is 0 Å². The van der Waals surface area contributed by atoms with E-state index in [0.717, 1.165) is 39.2 Å². The van der Waals surface area contributed by atoms with E-state index < -0.39 is 0 Å². The number of hydrogen-bond acceptors (Lipinski definition) is 3. The van der Waals surface area contributed by atoms with Gasteiger partial charge in [-0.2, -0.15) is 0 Å². The molecule has 0 radical (unpaired) electrons. The van der Waals surface area contributed by atoms with Gasteiger partial charge in [-0.05, 0) is 89.1 Å². The number of phenols is 1. The molecule has 36 heavy (non-hydrogen) atoms. The maximum absolute atomic E-state index is 11.4. The Bertz CT molecular complexity index is 1430. The summed E-state index contributed by atoms with van der Waals surface area (Å²) in [5, 5.41) is 13.4. The van der Waals surface area contributed by atoms with Crippen LogP contribution in [0.25, 0.3) is 21.9 Å². The molecule has 4 aromatic carbocycles. The molecule has 0 atom stereocenters. The molecule has 0 aromatic heterocycles. The monoisotopic (exact) mass is 494 g/mol. The van der Waals surface area contributed by atoms with Gasteiger partial charge in [0.25, 0.3) is 0 Å². The van der Waals surface area contributed by atoms with Crippen LogP contribution < -0.4 is 4.74 Å². The van der Waals surface area contributed by atoms with Crippen molar-refractivity contribution in [2.45, 2.75) is 67.6 Å². The molecular weight excluding hydrogens is 460 g/mol. The molecule has 2 aliphatic rings. The molecule has 0 unspecified atom stereocenters. The molecule has 1 spiro atoms. The highest BCUT2D eigenvalue weighted by Gasteiger charge is 2.49. The van der Waals surface area contributed by atoms with Gasteiger partial charge in [-0.1, -0.05) is 80.9 Å². The van der Waals surface area contributed by atoms with E-state index in [1.54, 1.807) is 18.9 Å². The summed E-state index contributed by atoms with van der Waals surface area (Å²) >= 11 is 1.67. The number of rotatable bonds is 5. The average Bonchev–Trinajstić information content (AvgIpc) is 3.19. The van der Waals surface area contributed by atoms with Gasteiger partial charge >= 0.3 is 0 Å². The summed E-state index contributed by atoms with van der Waals surface area (Å²) in [6, 6.07) is 25.6. The van der Waals surface area contributed by atoms with Gasteiger partial charge in [-0.25, -0.2) is 0 Å². The molecule has 2 nitrogen and oxygen atoms in total. The Hall–Kier alpha value is -2.91. The van der Waals surface area contributed by atoms with Crippen LogP contribution in [0.2, 0.25) is 0 Å². The van der Waals surface area contributed by atoms with Gasteiger partial charge in [0, 0.05) is 15.7 Å². The first kappa shape index (κ1) is 23.5. The maximum Gasteiger partial charge on any atom is 0.133 e. The molecule has 2 aliphatic carbocycles. The van der Waals surface area contributed by atoms with Crippen molar-refractivity contribution in [3.63, 3.8) is 0 Å². The normalized spacial score (nSPS) is 17.2. The van der Waals surface area contributed by atoms with Crippen molar-refractivity contribution < 1.29 is 9.84 Å². The molecule has 0 saturated heterocycles. The third-order valence-electron chi connectivity index (χ3n) is 9.26. The second-order valence-electron chi connectivity index (χ2n) is 10.6. The maximum atomic E-state index is 11.4. The van der Waals surface area contributed by atoms with E-state index in [4.69, 9.17) is 4.74 Å². The van der Waals surface area contributed by atoms with Crippen molar-refractivity contribution in [3.05, 3.63) is 83.9 Å². The van der Waals surface area contributed by atoms with Gasteiger partial charge in [0.2, 0.25) is 0 Å². The molecular formula is C33H34O2S. The Morgan fingerprint density at radius 3 is 2.19 bits per heavy atom. The van der Waals surface area contributed by atoms with Crippen LogP contribution in [0, 0.1) is 5.41 Å². The second-order valence-corrected chi connectivity index (χ2v) is 11.7. The fourth-order valence-corrected chi connectivity index (χ4v) is 7.87. The van der Waals surface area contributed by atoms with Gasteiger partial charge < -0.3 is 9.84 Å². The summed E-state index contributed by atoms with van der Waals surface area (Å²) in [7, 11) is 1.74. The Morgan fingerprint density at radius 1 is 0.806 bits per heavy atom. The van der Waals surface area contributed by atoms with Crippen molar-refractivity contribution in [1.29, 1.82) is 0 Å². The lowest BCUT2D eigenvalue weighted by atomic mass is 9.58. The number of ether oxygens (including phenoxy) is 1. The topological polar surface area (TPSA) is 29.5 Å². The van der Waals surface area contributed by atoms with Crippen molar-refractivity contribution in [2.24, 2.45) is 5.41 Å². The van der Waals surface area contributed by atoms with Gasteiger partial charge in [0.1, 0.15) is 11.5 Å². The first-order chi connectivity index (χ1) is 17.5. The van der Waals surface area contributed by atoms with E-state index in [1.165, 1.54) is 47.9 Å². The average molecular weight is 495 g/mol. The van der Waals surface area contributed by atoms with E-state index in [1.807, 2.05) is 18.2 Å². The van der Waals surface area contributed by atoms with Crippen LogP contribution in [0.1, 0.15) is 63.5 Å². The number of methoxy groups -OCH3 is 1. The van der Waals surface area contributed by atoms with E-state index in [-0.39, 0.29) is 5.41 Å². The van der Waals surface area contributed by atoms with Gasteiger partial charge in [0.05, 0.1) is 12.0 Å². The number of hydrogen-bond donors (Lipinski definition) is 1. The molecule has 0 aliphatic heterocycles. The first-order valence-corrected chi connectivity index (χ1v) is 14.1. The van der Waals surface area contributed by atoms with Crippen LogP contribution in [-0.4, -0.2) is 12.2 Å². The zero-order valence-electron chi connectivity index (χ0n) is 21.4. The largest absolute Gasteiger partial charge is 0.507 e. The minimum atomic E-state index is -0.0177. The standard InChI is InChI=1S/C33H34O2S/c1-4-32(5-2)15-17-33(18-16-32)26-14-10-9-13-23(26)31-25-19-29(35-3)30(36-22-11-7-6-8-12-22)20-24(25)28(34)21-27(31)33/h6-14,19-21,34H,4-5,15-18H2,1-3H3. The van der Waals surface area contributed by atoms with E-state index >= 15 is 0 Å². The lowest BCUT2D eigenvalue weighted by molar-refractivity contribution is 0.133. The number of fused-ring (bicyclic) bond motifs is 7. The van der Waals surface area contributed by atoms with Crippen LogP contribution >= 0.6 is 11.8 Å². The van der Waals surface area contributed by atoms with Crippen LogP contribution in [0.5, 0.6) is 11.5 Å². The van der Waals surface area contributed by atoms with Crippen LogP contribution in [0.3, 0.4) is 0 Å². The van der Waals surface area contributed by atoms with Gasteiger partial charge in [-0.3, -0.25) is 0 Å². The highest BCUT2D eigenvalue weighted by molar-refractivity contribution is 7.99. The van der Waals surface area contributed by atoms with E-state index in [0.29, 0.717) is 11.2 Å². The van der Waals surface area contributed by atoms with Crippen LogP contribution in [0.15, 0.2) is 82.6 Å². The van der Waals surface area contributed by atoms with Gasteiger partial charge in [-0.15, -0.1) is 0 Å². The van der Waals surface area contributed by atoms with Crippen molar-refractivity contribution in [3.8, 4) is 22.6 Å². The third-order valence-corrected chi connectivity index (χ3v) is 10.3. The summed E-state index contributed by atoms with van der Waals surface area (Å²) in [5.41, 5.74) is 5.79. The lowest BCUT2D eigenvalue weighted by Gasteiger charge is -2.45. The highest BCUT2D eigenvalue weighted by atomic mass is 32.2.